The molecule has 4 rings (SSSR count). The highest BCUT2D eigenvalue weighted by Crippen LogP contribution is 2.15. The van der Waals surface area contributed by atoms with Gasteiger partial charge < -0.3 is 0 Å². The number of rotatable bonds is 4. The first-order chi connectivity index (χ1) is 13.5. The average Bonchev–Trinajstić information content (AvgIpc) is 3.20. The number of ketones is 1. The Labute approximate surface area is 164 Å². The molecule has 0 saturated carbocycles. The lowest BCUT2D eigenvalue weighted by molar-refractivity contribution is 0.103. The molecule has 0 atom stereocenters. The Balaban J connectivity index is 1.83. The molecule has 0 bridgehead atoms. The molecule has 0 aliphatic heterocycles. The maximum atomic E-state index is 13.1. The van der Waals surface area contributed by atoms with Crippen LogP contribution in [0.1, 0.15) is 21.1 Å². The molecule has 7 nitrogen and oxygen atoms in total. The van der Waals surface area contributed by atoms with Crippen LogP contribution in [-0.2, 0) is 7.05 Å². The Morgan fingerprint density at radius 3 is 2.18 bits per heavy atom. The van der Waals surface area contributed by atoms with Crippen molar-refractivity contribution in [2.24, 2.45) is 7.05 Å². The van der Waals surface area contributed by atoms with Gasteiger partial charge in [-0.05, 0) is 31.2 Å². The summed E-state index contributed by atoms with van der Waals surface area (Å²) in [6.07, 6.45) is 0. The number of para-hydroxylation sites is 2. The van der Waals surface area contributed by atoms with Crippen molar-refractivity contribution in [2.75, 3.05) is 0 Å². The quantitative estimate of drug-likeness (QED) is 0.542. The number of carbonyl (C=O) groups excluding carboxylic acids is 1. The first-order valence-electron chi connectivity index (χ1n) is 8.58. The van der Waals surface area contributed by atoms with E-state index in [1.807, 2.05) is 60.7 Å². The molecule has 0 fully saturated rings. The van der Waals surface area contributed by atoms with Gasteiger partial charge in [-0.3, -0.25) is 19.7 Å². The summed E-state index contributed by atoms with van der Waals surface area (Å²) in [5.41, 5.74) is 1.59. The summed E-state index contributed by atoms with van der Waals surface area (Å²) < 4.78 is 4.51. The van der Waals surface area contributed by atoms with Crippen molar-refractivity contribution in [3.63, 3.8) is 0 Å². The van der Waals surface area contributed by atoms with Gasteiger partial charge in [-0.15, -0.1) is 0 Å². The summed E-state index contributed by atoms with van der Waals surface area (Å²) in [5, 5.41) is 12.6. The average molecular weight is 391 g/mol. The van der Waals surface area contributed by atoms with Crippen molar-refractivity contribution >= 4 is 17.1 Å². The standard InChI is InChI=1S/C20H17N5O2S/c1-13-16(19(27)25(23(13)2)15-11-7-4-8-12-15)17(26)18-22-24(20(21)28-18)14-9-5-3-6-10-14/h3-12,21H,1-2H3. The van der Waals surface area contributed by atoms with Crippen molar-refractivity contribution in [1.29, 1.82) is 5.41 Å². The van der Waals surface area contributed by atoms with E-state index in [-0.39, 0.29) is 15.4 Å². The van der Waals surface area contributed by atoms with Crippen LogP contribution in [0.5, 0.6) is 0 Å². The Bertz CT molecular complexity index is 1280. The molecule has 0 aliphatic rings. The van der Waals surface area contributed by atoms with E-state index in [1.54, 1.807) is 18.7 Å². The molecule has 1 N–H and O–H groups in total. The van der Waals surface area contributed by atoms with Crippen LogP contribution in [-0.4, -0.2) is 24.9 Å². The van der Waals surface area contributed by atoms with Crippen molar-refractivity contribution in [1.82, 2.24) is 19.1 Å². The lowest BCUT2D eigenvalue weighted by Gasteiger charge is -2.07. The van der Waals surface area contributed by atoms with Gasteiger partial charge in [-0.25, -0.2) is 9.36 Å². The summed E-state index contributed by atoms with van der Waals surface area (Å²) in [6, 6.07) is 18.3. The topological polar surface area (TPSA) is 85.7 Å². The van der Waals surface area contributed by atoms with Gasteiger partial charge in [-0.1, -0.05) is 47.7 Å². The normalized spacial score (nSPS) is 10.9. The van der Waals surface area contributed by atoms with Crippen LogP contribution in [0.15, 0.2) is 65.5 Å². The van der Waals surface area contributed by atoms with Crippen LogP contribution in [0.2, 0.25) is 0 Å². The van der Waals surface area contributed by atoms with E-state index >= 15 is 0 Å². The SMILES string of the molecule is Cc1c(C(=O)c2nn(-c3ccccc3)c(=N)s2)c(=O)n(-c2ccccc2)n1C. The molecule has 8 heteroatoms. The lowest BCUT2D eigenvalue weighted by Crippen LogP contribution is -2.23. The van der Waals surface area contributed by atoms with Gasteiger partial charge >= 0.3 is 0 Å². The molecular weight excluding hydrogens is 374 g/mol. The van der Waals surface area contributed by atoms with Gasteiger partial charge in [0.1, 0.15) is 5.56 Å². The van der Waals surface area contributed by atoms with Crippen LogP contribution in [0, 0.1) is 12.3 Å². The summed E-state index contributed by atoms with van der Waals surface area (Å²) in [4.78, 5) is 26.3. The van der Waals surface area contributed by atoms with Crippen LogP contribution < -0.4 is 10.4 Å². The number of carbonyl (C=O) groups is 1. The van der Waals surface area contributed by atoms with Crippen molar-refractivity contribution in [2.45, 2.75) is 6.92 Å². The molecule has 0 radical (unpaired) electrons. The summed E-state index contributed by atoms with van der Waals surface area (Å²) in [5.74, 6) is -0.471. The fourth-order valence-electron chi connectivity index (χ4n) is 3.06. The predicted molar refractivity (Wildman–Crippen MR) is 106 cm³/mol. The lowest BCUT2D eigenvalue weighted by atomic mass is 10.2. The van der Waals surface area contributed by atoms with Crippen LogP contribution in [0.25, 0.3) is 11.4 Å². The van der Waals surface area contributed by atoms with E-state index in [4.69, 9.17) is 5.41 Å². The summed E-state index contributed by atoms with van der Waals surface area (Å²) in [6.45, 7) is 1.73. The number of nitrogens with zero attached hydrogens (tertiary/aromatic N) is 4. The molecule has 0 aliphatic carbocycles. The zero-order chi connectivity index (χ0) is 19.8. The minimum atomic E-state index is -0.471. The number of hydrogen-bond donors (Lipinski definition) is 1. The summed E-state index contributed by atoms with van der Waals surface area (Å²) >= 11 is 0.952. The molecule has 0 saturated heterocycles. The Morgan fingerprint density at radius 1 is 1.00 bits per heavy atom. The highest BCUT2D eigenvalue weighted by Gasteiger charge is 2.26. The third kappa shape index (κ3) is 2.84. The fraction of sp³-hybridized carbons (Fsp3) is 0.100. The zero-order valence-corrected chi connectivity index (χ0v) is 16.1. The molecule has 2 aromatic heterocycles. The van der Waals surface area contributed by atoms with Gasteiger partial charge in [0.05, 0.1) is 11.4 Å². The first-order valence-corrected chi connectivity index (χ1v) is 9.39. The largest absolute Gasteiger partial charge is 0.286 e. The molecule has 2 aromatic carbocycles. The van der Waals surface area contributed by atoms with E-state index in [9.17, 15) is 9.59 Å². The molecule has 140 valence electrons. The second-order valence-electron chi connectivity index (χ2n) is 6.23. The molecule has 28 heavy (non-hydrogen) atoms. The maximum absolute atomic E-state index is 13.1. The van der Waals surface area contributed by atoms with E-state index < -0.39 is 11.3 Å². The highest BCUT2D eigenvalue weighted by atomic mass is 32.1. The Morgan fingerprint density at radius 2 is 1.57 bits per heavy atom. The van der Waals surface area contributed by atoms with Gasteiger partial charge in [0.15, 0.2) is 5.01 Å². The molecule has 0 amide bonds. The van der Waals surface area contributed by atoms with Gasteiger partial charge in [-0.2, -0.15) is 5.10 Å². The molecule has 0 unspecified atom stereocenters. The minimum Gasteiger partial charge on any atom is -0.286 e. The second-order valence-corrected chi connectivity index (χ2v) is 7.20. The third-order valence-electron chi connectivity index (χ3n) is 4.55. The van der Waals surface area contributed by atoms with E-state index in [0.29, 0.717) is 17.1 Å². The van der Waals surface area contributed by atoms with Crippen molar-refractivity contribution < 1.29 is 4.79 Å². The molecular formula is C20H17N5O2S. The smallest absolute Gasteiger partial charge is 0.283 e. The second kappa shape index (κ2) is 6.90. The predicted octanol–water partition coefficient (Wildman–Crippen LogP) is 2.44. The Kier molecular flexibility index (Phi) is 4.40. The summed E-state index contributed by atoms with van der Waals surface area (Å²) in [7, 11) is 1.74. The monoisotopic (exact) mass is 391 g/mol. The number of benzene rings is 2. The molecule has 0 spiro atoms. The van der Waals surface area contributed by atoms with Crippen molar-refractivity contribution in [3.8, 4) is 11.4 Å². The molecule has 2 heterocycles. The van der Waals surface area contributed by atoms with E-state index in [0.717, 1.165) is 11.3 Å². The van der Waals surface area contributed by atoms with Gasteiger partial charge in [0.2, 0.25) is 10.6 Å². The molecule has 4 aromatic rings. The number of aromatic nitrogens is 4. The van der Waals surface area contributed by atoms with Crippen LogP contribution >= 0.6 is 11.3 Å². The fourth-order valence-corrected chi connectivity index (χ4v) is 3.80. The van der Waals surface area contributed by atoms with E-state index in [1.165, 1.54) is 9.36 Å². The number of nitrogens with one attached hydrogen (secondary N) is 1. The van der Waals surface area contributed by atoms with Gasteiger partial charge in [0.25, 0.3) is 5.56 Å². The van der Waals surface area contributed by atoms with Crippen LogP contribution in [0.3, 0.4) is 0 Å². The van der Waals surface area contributed by atoms with Crippen LogP contribution in [0.4, 0.5) is 0 Å². The minimum absolute atomic E-state index is 0.0697. The zero-order valence-electron chi connectivity index (χ0n) is 15.3. The maximum Gasteiger partial charge on any atom is 0.283 e. The number of hydrogen-bond acceptors (Lipinski definition) is 5. The highest BCUT2D eigenvalue weighted by molar-refractivity contribution is 7.11. The van der Waals surface area contributed by atoms with Crippen molar-refractivity contribution in [3.05, 3.63) is 92.1 Å². The third-order valence-corrected chi connectivity index (χ3v) is 5.38. The first kappa shape index (κ1) is 17.9. The van der Waals surface area contributed by atoms with Gasteiger partial charge in [0, 0.05) is 12.7 Å². The van der Waals surface area contributed by atoms with E-state index in [2.05, 4.69) is 5.10 Å². The Hall–Kier alpha value is -3.52.